The van der Waals surface area contributed by atoms with Gasteiger partial charge in [0.25, 0.3) is 0 Å². The van der Waals surface area contributed by atoms with Crippen LogP contribution in [0.4, 0.5) is 0 Å². The van der Waals surface area contributed by atoms with Gasteiger partial charge in [-0.25, -0.2) is 0 Å². The second-order valence-electron chi connectivity index (χ2n) is 6.09. The number of ether oxygens (including phenoxy) is 1. The highest BCUT2D eigenvalue weighted by Crippen LogP contribution is 2.16. The molecule has 1 aromatic rings. The minimum Gasteiger partial charge on any atom is -0.426 e. The topological polar surface area (TPSA) is 26.3 Å². The Morgan fingerprint density at radius 2 is 1.52 bits per heavy atom. The summed E-state index contributed by atoms with van der Waals surface area (Å²) in [6.45, 7) is 5.94. The molecule has 0 bridgehead atoms. The Balaban J connectivity index is 2.20. The summed E-state index contributed by atoms with van der Waals surface area (Å²) in [7, 11) is 0. The zero-order valence-electron chi connectivity index (χ0n) is 13.9. The lowest BCUT2D eigenvalue weighted by Crippen LogP contribution is -2.14. The van der Waals surface area contributed by atoms with Gasteiger partial charge in [-0.1, -0.05) is 71.4 Å². The highest BCUT2D eigenvalue weighted by Gasteiger charge is 2.09. The van der Waals surface area contributed by atoms with Crippen molar-refractivity contribution in [2.45, 2.75) is 72.1 Å². The number of rotatable bonds is 10. The second-order valence-corrected chi connectivity index (χ2v) is 6.09. The van der Waals surface area contributed by atoms with Gasteiger partial charge in [0, 0.05) is 0 Å². The average molecular weight is 290 g/mol. The van der Waals surface area contributed by atoms with Crippen LogP contribution in [-0.4, -0.2) is 5.97 Å². The number of hydrogen-bond acceptors (Lipinski definition) is 2. The van der Waals surface area contributed by atoms with E-state index in [1.165, 1.54) is 50.5 Å². The van der Waals surface area contributed by atoms with Crippen LogP contribution in [0, 0.1) is 5.92 Å². The average Bonchev–Trinajstić information content (AvgIpc) is 2.48. The Labute approximate surface area is 129 Å². The molecular formula is C19H30O2. The van der Waals surface area contributed by atoms with Gasteiger partial charge in [-0.2, -0.15) is 0 Å². The summed E-state index contributed by atoms with van der Waals surface area (Å²) >= 11 is 0. The summed E-state index contributed by atoms with van der Waals surface area (Å²) in [5.74, 6) is 0.393. The van der Waals surface area contributed by atoms with Gasteiger partial charge >= 0.3 is 5.97 Å². The lowest BCUT2D eigenvalue weighted by atomic mass is 10.0. The third kappa shape index (κ3) is 7.89. The Hall–Kier alpha value is -1.31. The number of hydrogen-bond donors (Lipinski definition) is 0. The first-order valence-corrected chi connectivity index (χ1v) is 8.44. The van der Waals surface area contributed by atoms with Gasteiger partial charge in [-0.15, -0.1) is 0 Å². The quantitative estimate of drug-likeness (QED) is 0.321. The molecule has 0 amide bonds. The van der Waals surface area contributed by atoms with E-state index >= 15 is 0 Å². The zero-order chi connectivity index (χ0) is 15.5. The van der Waals surface area contributed by atoms with Crippen LogP contribution in [0.1, 0.15) is 71.3 Å². The first-order valence-electron chi connectivity index (χ1n) is 8.44. The van der Waals surface area contributed by atoms with Crippen molar-refractivity contribution in [1.82, 2.24) is 0 Å². The van der Waals surface area contributed by atoms with Crippen molar-refractivity contribution in [2.75, 3.05) is 0 Å². The first-order chi connectivity index (χ1) is 10.1. The smallest absolute Gasteiger partial charge is 0.313 e. The van der Waals surface area contributed by atoms with Gasteiger partial charge in [0.15, 0.2) is 0 Å². The Bertz CT molecular complexity index is 393. The van der Waals surface area contributed by atoms with Crippen molar-refractivity contribution in [2.24, 2.45) is 5.92 Å². The maximum absolute atomic E-state index is 11.5. The molecule has 0 spiro atoms. The van der Waals surface area contributed by atoms with E-state index in [-0.39, 0.29) is 11.9 Å². The lowest BCUT2D eigenvalue weighted by molar-refractivity contribution is -0.137. The molecule has 0 saturated heterocycles. The molecule has 21 heavy (non-hydrogen) atoms. The van der Waals surface area contributed by atoms with Crippen molar-refractivity contribution in [1.29, 1.82) is 0 Å². The molecule has 0 aromatic heterocycles. The fraction of sp³-hybridized carbons (Fsp3) is 0.632. The summed E-state index contributed by atoms with van der Waals surface area (Å²) in [4.78, 5) is 11.5. The van der Waals surface area contributed by atoms with Gasteiger partial charge in [-0.3, -0.25) is 4.79 Å². The van der Waals surface area contributed by atoms with E-state index in [9.17, 15) is 4.79 Å². The maximum Gasteiger partial charge on any atom is 0.313 e. The number of benzene rings is 1. The zero-order valence-corrected chi connectivity index (χ0v) is 13.9. The standard InChI is InChI=1S/C19H30O2/c1-4-5-6-7-8-9-10-11-17-12-14-18(15-13-17)21-19(20)16(2)3/h12-16H,4-11H2,1-3H3. The predicted molar refractivity (Wildman–Crippen MR) is 88.6 cm³/mol. The molecular weight excluding hydrogens is 260 g/mol. The molecule has 118 valence electrons. The summed E-state index contributed by atoms with van der Waals surface area (Å²) in [5.41, 5.74) is 1.33. The predicted octanol–water partition coefficient (Wildman–Crippen LogP) is 5.54. The van der Waals surface area contributed by atoms with Crippen LogP contribution in [0.25, 0.3) is 0 Å². The van der Waals surface area contributed by atoms with Gasteiger partial charge < -0.3 is 4.74 Å². The number of esters is 1. The number of aryl methyl sites for hydroxylation is 1. The monoisotopic (exact) mass is 290 g/mol. The lowest BCUT2D eigenvalue weighted by Gasteiger charge is -2.07. The van der Waals surface area contributed by atoms with Crippen LogP contribution in [0.15, 0.2) is 24.3 Å². The van der Waals surface area contributed by atoms with Gasteiger partial charge in [0.05, 0.1) is 5.92 Å². The molecule has 1 rings (SSSR count). The van der Waals surface area contributed by atoms with Crippen molar-refractivity contribution < 1.29 is 9.53 Å². The summed E-state index contributed by atoms with van der Waals surface area (Å²) in [6.07, 6.45) is 10.5. The Kier molecular flexibility index (Phi) is 8.80. The van der Waals surface area contributed by atoms with Crippen molar-refractivity contribution >= 4 is 5.97 Å². The van der Waals surface area contributed by atoms with E-state index in [2.05, 4.69) is 19.1 Å². The molecule has 0 saturated carbocycles. The van der Waals surface area contributed by atoms with Crippen LogP contribution in [0.5, 0.6) is 5.75 Å². The normalized spacial score (nSPS) is 10.9. The first kappa shape index (κ1) is 17.7. The number of carbonyl (C=O) groups is 1. The SMILES string of the molecule is CCCCCCCCCc1ccc(OC(=O)C(C)C)cc1. The fourth-order valence-electron chi connectivity index (χ4n) is 2.24. The molecule has 2 heteroatoms. The minimum atomic E-state index is -0.171. The Morgan fingerprint density at radius 3 is 2.10 bits per heavy atom. The Morgan fingerprint density at radius 1 is 0.952 bits per heavy atom. The van der Waals surface area contributed by atoms with Crippen LogP contribution in [0.2, 0.25) is 0 Å². The molecule has 0 aliphatic rings. The summed E-state index contributed by atoms with van der Waals surface area (Å²) in [6, 6.07) is 7.94. The molecule has 0 unspecified atom stereocenters. The minimum absolute atomic E-state index is 0.0858. The van der Waals surface area contributed by atoms with Crippen molar-refractivity contribution in [3.63, 3.8) is 0 Å². The molecule has 0 heterocycles. The van der Waals surface area contributed by atoms with Gasteiger partial charge in [-0.05, 0) is 30.5 Å². The molecule has 0 atom stereocenters. The van der Waals surface area contributed by atoms with Gasteiger partial charge in [0.1, 0.15) is 5.75 Å². The van der Waals surface area contributed by atoms with E-state index in [0.29, 0.717) is 5.75 Å². The van der Waals surface area contributed by atoms with E-state index < -0.39 is 0 Å². The third-order valence-electron chi connectivity index (χ3n) is 3.68. The van der Waals surface area contributed by atoms with Crippen LogP contribution in [0.3, 0.4) is 0 Å². The van der Waals surface area contributed by atoms with Crippen molar-refractivity contribution in [3.05, 3.63) is 29.8 Å². The fourth-order valence-corrected chi connectivity index (χ4v) is 2.24. The molecule has 2 nitrogen and oxygen atoms in total. The van der Waals surface area contributed by atoms with E-state index in [0.717, 1.165) is 6.42 Å². The van der Waals surface area contributed by atoms with Crippen LogP contribution < -0.4 is 4.74 Å². The largest absolute Gasteiger partial charge is 0.426 e. The number of unbranched alkanes of at least 4 members (excludes halogenated alkanes) is 6. The molecule has 0 N–H and O–H groups in total. The highest BCUT2D eigenvalue weighted by molar-refractivity contribution is 5.74. The van der Waals surface area contributed by atoms with Crippen LogP contribution >= 0.6 is 0 Å². The molecule has 0 aliphatic heterocycles. The summed E-state index contributed by atoms with van der Waals surface area (Å²) in [5, 5.41) is 0. The van der Waals surface area contributed by atoms with E-state index in [1.54, 1.807) is 0 Å². The third-order valence-corrected chi connectivity index (χ3v) is 3.68. The summed E-state index contributed by atoms with van der Waals surface area (Å²) < 4.78 is 5.27. The second kappa shape index (κ2) is 10.4. The van der Waals surface area contributed by atoms with E-state index in [1.807, 2.05) is 26.0 Å². The van der Waals surface area contributed by atoms with Crippen LogP contribution in [-0.2, 0) is 11.2 Å². The van der Waals surface area contributed by atoms with E-state index in [4.69, 9.17) is 4.74 Å². The molecule has 0 aliphatic carbocycles. The highest BCUT2D eigenvalue weighted by atomic mass is 16.5. The van der Waals surface area contributed by atoms with Gasteiger partial charge in [0.2, 0.25) is 0 Å². The number of carbonyl (C=O) groups excluding carboxylic acids is 1. The molecule has 0 fully saturated rings. The molecule has 0 radical (unpaired) electrons. The van der Waals surface area contributed by atoms with Crippen molar-refractivity contribution in [3.8, 4) is 5.75 Å². The molecule has 1 aromatic carbocycles. The maximum atomic E-state index is 11.5.